The maximum absolute atomic E-state index is 11.7. The highest BCUT2D eigenvalue weighted by molar-refractivity contribution is 6.32. The van der Waals surface area contributed by atoms with E-state index in [0.29, 0.717) is 47.0 Å². The summed E-state index contributed by atoms with van der Waals surface area (Å²) < 4.78 is 5.23. The zero-order valence-electron chi connectivity index (χ0n) is 18.8. The monoisotopic (exact) mass is 465 g/mol. The van der Waals surface area contributed by atoms with Gasteiger partial charge in [-0.2, -0.15) is 0 Å². The van der Waals surface area contributed by atoms with Crippen molar-refractivity contribution in [2.24, 2.45) is 0 Å². The molecule has 176 valence electrons. The predicted octanol–water partition coefficient (Wildman–Crippen LogP) is 1.25. The molecule has 0 spiro atoms. The molecule has 0 saturated carbocycles. The Balaban J connectivity index is 1.82. The number of halogens is 1. The Morgan fingerprint density at radius 2 is 2.16 bits per heavy atom. The number of aliphatic hydroxyl groups excluding tert-OH is 2. The first kappa shape index (κ1) is 24.4. The standard InChI is InChI=1S/C22H31ClN4O5/c1-22(2,3)27(21(30)31)16-7-8-26(11-17(16)29)10-13(12-28)19-14(23)9-24-15-5-6-18(32-4)25-20(15)19/h5-6,9,13,16-17,28-29H,7-8,10-12H2,1-4H3,(H,30,31)/p-1/t13?,16-,17+/m0/s1. The maximum atomic E-state index is 11.7. The van der Waals surface area contributed by atoms with Crippen LogP contribution in [0.3, 0.4) is 0 Å². The van der Waals surface area contributed by atoms with Gasteiger partial charge >= 0.3 is 0 Å². The Bertz CT molecular complexity index is 967. The second kappa shape index (κ2) is 9.74. The van der Waals surface area contributed by atoms with E-state index in [1.807, 2.05) is 4.90 Å². The van der Waals surface area contributed by atoms with E-state index >= 15 is 0 Å². The molecule has 0 bridgehead atoms. The highest BCUT2D eigenvalue weighted by atomic mass is 35.5. The van der Waals surface area contributed by atoms with Gasteiger partial charge in [-0.15, -0.1) is 0 Å². The highest BCUT2D eigenvalue weighted by Crippen LogP contribution is 2.33. The molecule has 9 nitrogen and oxygen atoms in total. The summed E-state index contributed by atoms with van der Waals surface area (Å²) in [6, 6.07) is 2.94. The number of ether oxygens (including phenoxy) is 1. The zero-order valence-corrected chi connectivity index (χ0v) is 19.5. The Kier molecular flexibility index (Phi) is 7.44. The molecule has 0 aliphatic carbocycles. The molecule has 1 saturated heterocycles. The third-order valence-electron chi connectivity index (χ3n) is 5.88. The Hall–Kier alpha value is -2.20. The molecule has 3 rings (SSSR count). The summed E-state index contributed by atoms with van der Waals surface area (Å²) in [5.74, 6) is 0.0384. The number of hydrogen-bond donors (Lipinski definition) is 2. The Morgan fingerprint density at radius 1 is 1.44 bits per heavy atom. The number of likely N-dealkylation sites (tertiary alicyclic amines) is 1. The molecule has 1 unspecified atom stereocenters. The molecule has 1 amide bonds. The van der Waals surface area contributed by atoms with Crippen LogP contribution < -0.4 is 9.84 Å². The normalized spacial score (nSPS) is 20.8. The van der Waals surface area contributed by atoms with Crippen molar-refractivity contribution in [3.8, 4) is 5.88 Å². The number of aliphatic hydroxyl groups is 2. The van der Waals surface area contributed by atoms with Crippen LogP contribution in [0, 0.1) is 0 Å². The Morgan fingerprint density at radius 3 is 2.72 bits per heavy atom. The van der Waals surface area contributed by atoms with E-state index in [1.54, 1.807) is 32.9 Å². The number of carbonyl (C=O) groups is 1. The van der Waals surface area contributed by atoms with Gasteiger partial charge in [0.1, 0.15) is 6.09 Å². The van der Waals surface area contributed by atoms with Crippen LogP contribution in [0.25, 0.3) is 11.0 Å². The van der Waals surface area contributed by atoms with Gasteiger partial charge < -0.3 is 29.8 Å². The fourth-order valence-corrected chi connectivity index (χ4v) is 4.75. The van der Waals surface area contributed by atoms with Crippen LogP contribution in [0.4, 0.5) is 4.79 Å². The lowest BCUT2D eigenvalue weighted by atomic mass is 9.93. The number of β-amino-alcohol motifs (C(OH)–C–C–N with tert-alkyl or cyclic N) is 1. The molecule has 2 aromatic rings. The van der Waals surface area contributed by atoms with E-state index in [1.165, 1.54) is 18.2 Å². The molecular formula is C22H30ClN4O5-. The van der Waals surface area contributed by atoms with Gasteiger partial charge in [0.2, 0.25) is 5.88 Å². The minimum atomic E-state index is -1.29. The molecule has 2 N–H and O–H groups in total. The van der Waals surface area contributed by atoms with Crippen molar-refractivity contribution >= 4 is 28.7 Å². The number of aromatic nitrogens is 2. The largest absolute Gasteiger partial charge is 0.530 e. The topological polar surface area (TPSA) is 122 Å². The summed E-state index contributed by atoms with van der Waals surface area (Å²) in [7, 11) is 1.52. The first-order chi connectivity index (χ1) is 15.1. The molecule has 0 aromatic carbocycles. The lowest BCUT2D eigenvalue weighted by molar-refractivity contribution is -0.276. The van der Waals surface area contributed by atoms with E-state index < -0.39 is 23.8 Å². The van der Waals surface area contributed by atoms with Crippen LogP contribution in [0.1, 0.15) is 38.7 Å². The summed E-state index contributed by atoms with van der Waals surface area (Å²) in [4.78, 5) is 23.7. The van der Waals surface area contributed by atoms with Gasteiger partial charge in [-0.25, -0.2) is 4.98 Å². The molecule has 0 radical (unpaired) electrons. The lowest BCUT2D eigenvalue weighted by Crippen LogP contribution is -2.63. The van der Waals surface area contributed by atoms with Gasteiger partial charge in [0.25, 0.3) is 0 Å². The van der Waals surface area contributed by atoms with Gasteiger partial charge in [0, 0.05) is 48.9 Å². The zero-order chi connectivity index (χ0) is 23.6. The number of hydrogen-bond acceptors (Lipinski definition) is 8. The second-order valence-electron chi connectivity index (χ2n) is 9.11. The smallest absolute Gasteiger partial charge is 0.213 e. The van der Waals surface area contributed by atoms with Crippen molar-refractivity contribution in [2.45, 2.75) is 50.8 Å². The number of nitrogens with zero attached hydrogens (tertiary/aromatic N) is 4. The molecular weight excluding hydrogens is 436 g/mol. The highest BCUT2D eigenvalue weighted by Gasteiger charge is 2.38. The molecule has 3 atom stereocenters. The van der Waals surface area contributed by atoms with Crippen LogP contribution in [-0.2, 0) is 0 Å². The Labute approximate surface area is 192 Å². The van der Waals surface area contributed by atoms with Gasteiger partial charge in [0.05, 0.1) is 41.9 Å². The molecule has 3 heterocycles. The summed E-state index contributed by atoms with van der Waals surface area (Å²) >= 11 is 6.47. The number of carboxylic acid groups (broad SMARTS) is 1. The van der Waals surface area contributed by atoms with E-state index in [9.17, 15) is 20.1 Å². The number of amides is 1. The third-order valence-corrected chi connectivity index (χ3v) is 6.18. The van der Waals surface area contributed by atoms with Crippen LogP contribution in [0.2, 0.25) is 5.02 Å². The third kappa shape index (κ3) is 5.06. The SMILES string of the molecule is COc1ccc2ncc(Cl)c(C(CO)CN3CC[C@H](N(C(=O)[O-])C(C)(C)C)[C@H](O)C3)c2n1. The van der Waals surface area contributed by atoms with Gasteiger partial charge in [-0.05, 0) is 33.3 Å². The molecule has 1 aliphatic heterocycles. The number of carbonyl (C=O) groups excluding carboxylic acids is 1. The summed E-state index contributed by atoms with van der Waals surface area (Å²) in [5, 5.41) is 33.1. The average molecular weight is 466 g/mol. The molecule has 32 heavy (non-hydrogen) atoms. The lowest BCUT2D eigenvalue weighted by Gasteiger charge is -2.49. The minimum Gasteiger partial charge on any atom is -0.530 e. The fourth-order valence-electron chi connectivity index (χ4n) is 4.46. The summed E-state index contributed by atoms with van der Waals surface area (Å²) in [6.07, 6.45) is -0.194. The van der Waals surface area contributed by atoms with Crippen molar-refractivity contribution in [3.05, 3.63) is 28.9 Å². The minimum absolute atomic E-state index is 0.180. The molecule has 2 aromatic heterocycles. The van der Waals surface area contributed by atoms with Gasteiger partial charge in [-0.1, -0.05) is 11.6 Å². The van der Waals surface area contributed by atoms with E-state index in [-0.39, 0.29) is 19.1 Å². The van der Waals surface area contributed by atoms with Crippen molar-refractivity contribution in [3.63, 3.8) is 0 Å². The number of rotatable bonds is 6. The fraction of sp³-hybridized carbons (Fsp3) is 0.591. The van der Waals surface area contributed by atoms with Crippen molar-refractivity contribution in [1.29, 1.82) is 0 Å². The van der Waals surface area contributed by atoms with Crippen molar-refractivity contribution < 1.29 is 24.9 Å². The summed E-state index contributed by atoms with van der Waals surface area (Å²) in [5.41, 5.74) is 1.18. The van der Waals surface area contributed by atoms with E-state index in [0.717, 1.165) is 0 Å². The van der Waals surface area contributed by atoms with Crippen molar-refractivity contribution in [2.75, 3.05) is 33.4 Å². The van der Waals surface area contributed by atoms with Crippen LogP contribution >= 0.6 is 11.6 Å². The number of pyridine rings is 2. The van der Waals surface area contributed by atoms with Crippen LogP contribution in [0.15, 0.2) is 18.3 Å². The van der Waals surface area contributed by atoms with Crippen LogP contribution in [0.5, 0.6) is 5.88 Å². The van der Waals surface area contributed by atoms with Crippen LogP contribution in [-0.4, -0.2) is 87.1 Å². The van der Waals surface area contributed by atoms with E-state index in [4.69, 9.17) is 16.3 Å². The molecule has 10 heteroatoms. The molecule has 1 aliphatic rings. The first-order valence-electron chi connectivity index (χ1n) is 10.6. The predicted molar refractivity (Wildman–Crippen MR) is 119 cm³/mol. The maximum Gasteiger partial charge on any atom is 0.213 e. The van der Waals surface area contributed by atoms with E-state index in [2.05, 4.69) is 9.97 Å². The number of fused-ring (bicyclic) bond motifs is 1. The van der Waals surface area contributed by atoms with Gasteiger partial charge in [0.15, 0.2) is 0 Å². The van der Waals surface area contributed by atoms with Crippen molar-refractivity contribution in [1.82, 2.24) is 19.8 Å². The average Bonchev–Trinajstić information content (AvgIpc) is 2.72. The van der Waals surface area contributed by atoms with Gasteiger partial charge in [-0.3, -0.25) is 9.88 Å². The first-order valence-corrected chi connectivity index (χ1v) is 10.9. The summed E-state index contributed by atoms with van der Waals surface area (Å²) in [6.45, 7) is 6.39. The quantitative estimate of drug-likeness (QED) is 0.653. The second-order valence-corrected chi connectivity index (χ2v) is 9.52. The number of piperidine rings is 1. The number of methoxy groups -OCH3 is 1. The molecule has 1 fully saturated rings.